The zero-order chi connectivity index (χ0) is 15.4. The van der Waals surface area contributed by atoms with Crippen molar-refractivity contribution in [3.8, 4) is 11.5 Å². The molecule has 0 radical (unpaired) electrons. The van der Waals surface area contributed by atoms with Crippen LogP contribution in [-0.2, 0) is 0 Å². The largest absolute Gasteiger partial charge is 0.490 e. The minimum atomic E-state index is 0.431. The van der Waals surface area contributed by atoms with E-state index in [9.17, 15) is 0 Å². The maximum Gasteiger partial charge on any atom is 0.179 e. The molecular formula is C16H23ClN2O2. The maximum absolute atomic E-state index is 6.40. The van der Waals surface area contributed by atoms with Gasteiger partial charge in [-0.15, -0.1) is 0 Å². The van der Waals surface area contributed by atoms with Gasteiger partial charge < -0.3 is 14.4 Å². The van der Waals surface area contributed by atoms with Crippen LogP contribution in [0.5, 0.6) is 11.5 Å². The second-order valence-corrected chi connectivity index (χ2v) is 5.96. The quantitative estimate of drug-likeness (QED) is 0.807. The van der Waals surface area contributed by atoms with Crippen molar-refractivity contribution in [2.24, 2.45) is 10.9 Å². The first-order valence-electron chi connectivity index (χ1n) is 7.38. The van der Waals surface area contributed by atoms with Crippen LogP contribution in [0.2, 0.25) is 5.02 Å². The van der Waals surface area contributed by atoms with Gasteiger partial charge >= 0.3 is 0 Å². The monoisotopic (exact) mass is 310 g/mol. The molecule has 0 bridgehead atoms. The smallest absolute Gasteiger partial charge is 0.179 e. The van der Waals surface area contributed by atoms with E-state index in [1.54, 1.807) is 0 Å². The minimum absolute atomic E-state index is 0.431. The lowest BCUT2D eigenvalue weighted by molar-refractivity contribution is 0.248. The second-order valence-electron chi connectivity index (χ2n) is 5.55. The highest BCUT2D eigenvalue weighted by molar-refractivity contribution is 6.32. The summed E-state index contributed by atoms with van der Waals surface area (Å²) in [6.45, 7) is 9.09. The molecule has 0 aromatic heterocycles. The van der Waals surface area contributed by atoms with Gasteiger partial charge in [0, 0.05) is 19.2 Å². The zero-order valence-corrected chi connectivity index (χ0v) is 13.9. The molecule has 0 fully saturated rings. The van der Waals surface area contributed by atoms with Crippen molar-refractivity contribution >= 4 is 17.4 Å². The zero-order valence-electron chi connectivity index (χ0n) is 13.1. The fourth-order valence-electron chi connectivity index (χ4n) is 2.19. The van der Waals surface area contributed by atoms with Crippen molar-refractivity contribution in [1.29, 1.82) is 0 Å². The van der Waals surface area contributed by atoms with Crippen LogP contribution in [0.3, 0.4) is 0 Å². The number of ether oxygens (including phenoxy) is 2. The Kier molecular flexibility index (Phi) is 5.34. The normalized spacial score (nSPS) is 14.6. The molecule has 5 heteroatoms. The molecule has 0 amide bonds. The molecule has 4 nitrogen and oxygen atoms in total. The van der Waals surface area contributed by atoms with Gasteiger partial charge in [-0.3, -0.25) is 4.99 Å². The van der Waals surface area contributed by atoms with Gasteiger partial charge in [-0.25, -0.2) is 0 Å². The van der Waals surface area contributed by atoms with E-state index >= 15 is 0 Å². The average Bonchev–Trinajstić information content (AvgIpc) is 2.84. The number of nitrogens with zero attached hydrogens (tertiary/aromatic N) is 2. The number of rotatable bonds is 6. The average molecular weight is 311 g/mol. The molecule has 21 heavy (non-hydrogen) atoms. The molecule has 1 aliphatic heterocycles. The van der Waals surface area contributed by atoms with Gasteiger partial charge in [0.05, 0.1) is 24.8 Å². The third-order valence-electron chi connectivity index (χ3n) is 3.19. The van der Waals surface area contributed by atoms with Gasteiger partial charge in [0.25, 0.3) is 0 Å². The summed E-state index contributed by atoms with van der Waals surface area (Å²) in [5.41, 5.74) is 0.973. The highest BCUT2D eigenvalue weighted by Gasteiger charge is 2.20. The summed E-state index contributed by atoms with van der Waals surface area (Å²) in [7, 11) is 2.03. The van der Waals surface area contributed by atoms with E-state index in [0.29, 0.717) is 35.7 Å². The molecule has 0 aliphatic carbocycles. The standard InChI is InChI=1S/C16H23ClN2O2/c1-5-20-14-9-12(16-18-6-7-19(16)4)8-13(17)15(14)21-10-11(2)3/h8-9,11H,5-7,10H2,1-4H3. The Balaban J connectivity index is 2.34. The number of hydrogen-bond acceptors (Lipinski definition) is 4. The molecule has 2 rings (SSSR count). The lowest BCUT2D eigenvalue weighted by atomic mass is 10.1. The fraction of sp³-hybridized carbons (Fsp3) is 0.562. The first-order chi connectivity index (χ1) is 10.0. The molecule has 0 atom stereocenters. The lowest BCUT2D eigenvalue weighted by Gasteiger charge is -2.18. The molecule has 1 aromatic rings. The van der Waals surface area contributed by atoms with Crippen LogP contribution in [0, 0.1) is 5.92 Å². The lowest BCUT2D eigenvalue weighted by Crippen LogP contribution is -2.23. The molecular weight excluding hydrogens is 288 g/mol. The molecule has 0 saturated heterocycles. The first kappa shape index (κ1) is 16.0. The van der Waals surface area contributed by atoms with Crippen LogP contribution < -0.4 is 9.47 Å². The summed E-state index contributed by atoms with van der Waals surface area (Å²) in [5, 5.41) is 0.569. The van der Waals surface area contributed by atoms with E-state index in [2.05, 4.69) is 23.7 Å². The summed E-state index contributed by atoms with van der Waals surface area (Å²) in [5.74, 6) is 2.69. The number of likely N-dealkylation sites (N-methyl/N-ethyl adjacent to an activating group) is 1. The summed E-state index contributed by atoms with van der Waals surface area (Å²) >= 11 is 6.40. The molecule has 0 spiro atoms. The van der Waals surface area contributed by atoms with E-state index in [4.69, 9.17) is 21.1 Å². The van der Waals surface area contributed by atoms with Crippen molar-refractivity contribution in [2.75, 3.05) is 33.4 Å². The highest BCUT2D eigenvalue weighted by Crippen LogP contribution is 2.37. The molecule has 1 aromatic carbocycles. The number of benzene rings is 1. The molecule has 116 valence electrons. The van der Waals surface area contributed by atoms with Crippen LogP contribution in [0.1, 0.15) is 26.3 Å². The van der Waals surface area contributed by atoms with E-state index in [-0.39, 0.29) is 0 Å². The van der Waals surface area contributed by atoms with Crippen LogP contribution in [0.4, 0.5) is 0 Å². The third kappa shape index (κ3) is 3.82. The van der Waals surface area contributed by atoms with Crippen molar-refractivity contribution < 1.29 is 9.47 Å². The highest BCUT2D eigenvalue weighted by atomic mass is 35.5. The van der Waals surface area contributed by atoms with E-state index in [0.717, 1.165) is 24.5 Å². The summed E-state index contributed by atoms with van der Waals surface area (Å²) in [6, 6.07) is 3.87. The van der Waals surface area contributed by atoms with Gasteiger partial charge in [-0.05, 0) is 25.0 Å². The predicted octanol–water partition coefficient (Wildman–Crippen LogP) is 3.47. The third-order valence-corrected chi connectivity index (χ3v) is 3.47. The van der Waals surface area contributed by atoms with Crippen LogP contribution in [-0.4, -0.2) is 44.1 Å². The summed E-state index contributed by atoms with van der Waals surface area (Å²) in [6.07, 6.45) is 0. The molecule has 0 saturated carbocycles. The van der Waals surface area contributed by atoms with Gasteiger partial charge in [0.2, 0.25) is 0 Å². The minimum Gasteiger partial charge on any atom is -0.490 e. The van der Waals surface area contributed by atoms with Crippen LogP contribution in [0.25, 0.3) is 0 Å². The summed E-state index contributed by atoms with van der Waals surface area (Å²) < 4.78 is 11.5. The Morgan fingerprint density at radius 1 is 1.33 bits per heavy atom. The fourth-order valence-corrected chi connectivity index (χ4v) is 2.46. The summed E-state index contributed by atoms with van der Waals surface area (Å²) in [4.78, 5) is 6.64. The second kappa shape index (κ2) is 7.03. The Morgan fingerprint density at radius 3 is 2.67 bits per heavy atom. The number of halogens is 1. The van der Waals surface area contributed by atoms with E-state index in [1.165, 1.54) is 0 Å². The molecule has 0 N–H and O–H groups in total. The topological polar surface area (TPSA) is 34.1 Å². The van der Waals surface area contributed by atoms with Crippen molar-refractivity contribution in [2.45, 2.75) is 20.8 Å². The Labute approximate surface area is 131 Å². The SMILES string of the molecule is CCOc1cc(C2=NCCN2C)cc(Cl)c1OCC(C)C. The Bertz CT molecular complexity index is 529. The molecule has 1 heterocycles. The van der Waals surface area contributed by atoms with Gasteiger partial charge in [0.15, 0.2) is 11.5 Å². The van der Waals surface area contributed by atoms with E-state index < -0.39 is 0 Å². The van der Waals surface area contributed by atoms with Crippen molar-refractivity contribution in [3.63, 3.8) is 0 Å². The van der Waals surface area contributed by atoms with Gasteiger partial charge in [-0.1, -0.05) is 25.4 Å². The number of aliphatic imine (C=N–C) groups is 1. The van der Waals surface area contributed by atoms with Crippen molar-refractivity contribution in [1.82, 2.24) is 4.90 Å². The number of amidine groups is 1. The predicted molar refractivity (Wildman–Crippen MR) is 87.0 cm³/mol. The Morgan fingerprint density at radius 2 is 2.10 bits per heavy atom. The molecule has 1 aliphatic rings. The van der Waals surface area contributed by atoms with Gasteiger partial charge in [-0.2, -0.15) is 0 Å². The van der Waals surface area contributed by atoms with E-state index in [1.807, 2.05) is 26.1 Å². The molecule has 0 unspecified atom stereocenters. The van der Waals surface area contributed by atoms with Crippen LogP contribution in [0.15, 0.2) is 17.1 Å². The Hall–Kier alpha value is -1.42. The van der Waals surface area contributed by atoms with Gasteiger partial charge in [0.1, 0.15) is 5.84 Å². The maximum atomic E-state index is 6.40. The number of hydrogen-bond donors (Lipinski definition) is 0. The van der Waals surface area contributed by atoms with Crippen molar-refractivity contribution in [3.05, 3.63) is 22.7 Å². The first-order valence-corrected chi connectivity index (χ1v) is 7.75. The van der Waals surface area contributed by atoms with Crippen LogP contribution >= 0.6 is 11.6 Å².